The highest BCUT2D eigenvalue weighted by Crippen LogP contribution is 2.28. The number of aromatic hydroxyl groups is 1. The molecule has 1 fully saturated rings. The SMILES string of the molecule is CC(C)C[C@@H](C(=O)NN(Cc1cccc(O)c1)S(C)(=O)=O)[C@H](C/C=C/c1ccccc1)C(=O)OC1CCCCO1. The van der Waals surface area contributed by atoms with Crippen LogP contribution in [0.4, 0.5) is 0 Å². The van der Waals surface area contributed by atoms with Crippen molar-refractivity contribution in [3.05, 3.63) is 71.8 Å². The van der Waals surface area contributed by atoms with Gasteiger partial charge in [-0.3, -0.25) is 15.0 Å². The summed E-state index contributed by atoms with van der Waals surface area (Å²) in [5.41, 5.74) is 3.98. The van der Waals surface area contributed by atoms with Gasteiger partial charge >= 0.3 is 5.97 Å². The molecule has 3 atom stereocenters. The van der Waals surface area contributed by atoms with E-state index >= 15 is 0 Å². The van der Waals surface area contributed by atoms with E-state index in [2.05, 4.69) is 5.43 Å². The second kappa shape index (κ2) is 15.0. The molecule has 2 aromatic rings. The van der Waals surface area contributed by atoms with Crippen LogP contribution in [0, 0.1) is 17.8 Å². The van der Waals surface area contributed by atoms with Gasteiger partial charge in [-0.05, 0) is 54.9 Å². The summed E-state index contributed by atoms with van der Waals surface area (Å²) in [6.07, 6.45) is 6.96. The molecule has 3 rings (SSSR count). The number of amides is 1. The number of rotatable bonds is 13. The van der Waals surface area contributed by atoms with Crippen molar-refractivity contribution < 1.29 is 32.6 Å². The molecule has 1 unspecified atom stereocenters. The minimum Gasteiger partial charge on any atom is -0.508 e. The number of nitrogens with zero attached hydrogens (tertiary/aromatic N) is 1. The summed E-state index contributed by atoms with van der Waals surface area (Å²) in [6, 6.07) is 15.7. The van der Waals surface area contributed by atoms with E-state index in [1.165, 1.54) is 12.1 Å². The number of phenols is 1. The third-order valence-electron chi connectivity index (χ3n) is 6.61. The Morgan fingerprint density at radius 1 is 1.12 bits per heavy atom. The van der Waals surface area contributed by atoms with Gasteiger partial charge in [0.15, 0.2) is 0 Å². The van der Waals surface area contributed by atoms with Gasteiger partial charge in [0, 0.05) is 6.42 Å². The van der Waals surface area contributed by atoms with Gasteiger partial charge in [0.25, 0.3) is 0 Å². The van der Waals surface area contributed by atoms with Crippen molar-refractivity contribution in [2.24, 2.45) is 17.8 Å². The van der Waals surface area contributed by atoms with Crippen LogP contribution in [0.15, 0.2) is 60.7 Å². The van der Waals surface area contributed by atoms with E-state index in [4.69, 9.17) is 9.47 Å². The van der Waals surface area contributed by atoms with Gasteiger partial charge in [-0.25, -0.2) is 8.42 Å². The summed E-state index contributed by atoms with van der Waals surface area (Å²) >= 11 is 0. The van der Waals surface area contributed by atoms with E-state index in [9.17, 15) is 23.1 Å². The van der Waals surface area contributed by atoms with Gasteiger partial charge in [-0.1, -0.05) is 68.5 Å². The number of allylic oxidation sites excluding steroid dienone is 1. The number of sulfonamides is 1. The first-order valence-electron chi connectivity index (χ1n) is 13.6. The number of nitrogens with one attached hydrogen (secondary N) is 1. The first-order valence-corrected chi connectivity index (χ1v) is 15.5. The van der Waals surface area contributed by atoms with Crippen molar-refractivity contribution in [3.63, 3.8) is 0 Å². The van der Waals surface area contributed by atoms with Crippen molar-refractivity contribution in [2.45, 2.75) is 58.8 Å². The van der Waals surface area contributed by atoms with Gasteiger partial charge in [0.05, 0.1) is 31.2 Å². The number of benzene rings is 2. The summed E-state index contributed by atoms with van der Waals surface area (Å²) in [5.74, 6) is -2.87. The quantitative estimate of drug-likeness (QED) is 0.265. The average Bonchev–Trinajstić information content (AvgIpc) is 2.90. The highest BCUT2D eigenvalue weighted by Gasteiger charge is 2.37. The Bertz CT molecular complexity index is 1240. The predicted octanol–water partition coefficient (Wildman–Crippen LogP) is 4.64. The lowest BCUT2D eigenvalue weighted by molar-refractivity contribution is -0.193. The van der Waals surface area contributed by atoms with Crippen LogP contribution in [0.3, 0.4) is 0 Å². The van der Waals surface area contributed by atoms with Crippen molar-refractivity contribution in [1.29, 1.82) is 0 Å². The molecule has 2 aromatic carbocycles. The van der Waals surface area contributed by atoms with Crippen LogP contribution < -0.4 is 5.43 Å². The number of carbonyl (C=O) groups is 2. The van der Waals surface area contributed by atoms with Gasteiger partial charge < -0.3 is 14.6 Å². The Morgan fingerprint density at radius 3 is 2.50 bits per heavy atom. The average molecular weight is 573 g/mol. The normalized spacial score (nSPS) is 17.6. The molecule has 2 N–H and O–H groups in total. The molecule has 1 aliphatic rings. The molecular weight excluding hydrogens is 532 g/mol. The summed E-state index contributed by atoms with van der Waals surface area (Å²) in [5, 5.41) is 9.81. The highest BCUT2D eigenvalue weighted by atomic mass is 32.2. The molecule has 0 saturated carbocycles. The molecular formula is C30H40N2O7S. The molecule has 1 amide bonds. The van der Waals surface area contributed by atoms with Crippen molar-refractivity contribution in [3.8, 4) is 5.75 Å². The summed E-state index contributed by atoms with van der Waals surface area (Å²) in [7, 11) is -3.89. The smallest absolute Gasteiger partial charge is 0.312 e. The standard InChI is InChI=1S/C30H40N2O7S/c1-22(2)19-27(29(34)31-32(40(3,36)37)21-24-14-9-15-25(33)20-24)26(16-10-13-23-11-5-4-6-12-23)30(35)39-28-17-7-8-18-38-28/h4-6,9-15,20,22,26-28,33H,7-8,16-19,21H2,1-3H3,(H,31,34)/b13-10+/t26-,27+,28?/m0/s1. The van der Waals surface area contributed by atoms with Crippen LogP contribution in [-0.4, -0.2) is 49.0 Å². The topological polar surface area (TPSA) is 122 Å². The van der Waals surface area contributed by atoms with Crippen LogP contribution in [0.25, 0.3) is 6.08 Å². The first kappa shape index (κ1) is 31.3. The number of hydrogen-bond donors (Lipinski definition) is 2. The Kier molecular flexibility index (Phi) is 11.7. The molecule has 1 saturated heterocycles. The number of hydrogen-bond acceptors (Lipinski definition) is 7. The van der Waals surface area contributed by atoms with E-state index in [0.29, 0.717) is 25.0 Å². The Morgan fingerprint density at radius 2 is 1.88 bits per heavy atom. The fourth-order valence-electron chi connectivity index (χ4n) is 4.59. The van der Waals surface area contributed by atoms with E-state index in [1.807, 2.05) is 56.3 Å². The molecule has 10 heteroatoms. The molecule has 40 heavy (non-hydrogen) atoms. The Labute approximate surface area is 237 Å². The maximum Gasteiger partial charge on any atom is 0.312 e. The molecule has 0 spiro atoms. The molecule has 0 aliphatic carbocycles. The van der Waals surface area contributed by atoms with Crippen molar-refractivity contribution in [1.82, 2.24) is 9.84 Å². The minimum atomic E-state index is -3.89. The lowest BCUT2D eigenvalue weighted by atomic mass is 9.82. The lowest BCUT2D eigenvalue weighted by Gasteiger charge is -2.30. The van der Waals surface area contributed by atoms with Gasteiger partial charge in [0.1, 0.15) is 5.75 Å². The van der Waals surface area contributed by atoms with Gasteiger partial charge in [0.2, 0.25) is 22.2 Å². The molecule has 0 radical (unpaired) electrons. The van der Waals surface area contributed by atoms with Crippen molar-refractivity contribution in [2.75, 3.05) is 12.9 Å². The maximum absolute atomic E-state index is 13.7. The molecule has 1 aliphatic heterocycles. The third kappa shape index (κ3) is 10.1. The zero-order valence-corrected chi connectivity index (χ0v) is 24.2. The highest BCUT2D eigenvalue weighted by molar-refractivity contribution is 7.88. The fraction of sp³-hybridized carbons (Fsp3) is 0.467. The number of phenolic OH excluding ortho intramolecular Hbond substituents is 1. The van der Waals surface area contributed by atoms with Crippen LogP contribution in [-0.2, 0) is 35.6 Å². The van der Waals surface area contributed by atoms with Crippen molar-refractivity contribution >= 4 is 28.0 Å². The van der Waals surface area contributed by atoms with Gasteiger partial charge in [-0.15, -0.1) is 4.41 Å². The Balaban J connectivity index is 1.87. The number of esters is 1. The van der Waals surface area contributed by atoms with E-state index in [1.54, 1.807) is 12.1 Å². The molecule has 0 bridgehead atoms. The minimum absolute atomic E-state index is 0.0205. The largest absolute Gasteiger partial charge is 0.508 e. The van der Waals surface area contributed by atoms with E-state index < -0.39 is 40.0 Å². The molecule has 1 heterocycles. The molecule has 0 aromatic heterocycles. The zero-order chi connectivity index (χ0) is 29.1. The molecule has 218 valence electrons. The van der Waals surface area contributed by atoms with Crippen LogP contribution in [0.1, 0.15) is 57.1 Å². The summed E-state index contributed by atoms with van der Waals surface area (Å²) < 4.78 is 37.4. The number of ether oxygens (including phenoxy) is 2. The van der Waals surface area contributed by atoms with E-state index in [-0.39, 0.29) is 24.6 Å². The maximum atomic E-state index is 13.7. The third-order valence-corrected chi connectivity index (χ3v) is 7.63. The second-order valence-corrected chi connectivity index (χ2v) is 12.4. The monoisotopic (exact) mass is 572 g/mol. The molecule has 9 nitrogen and oxygen atoms in total. The number of carbonyl (C=O) groups excluding carboxylic acids is 2. The zero-order valence-electron chi connectivity index (χ0n) is 23.4. The summed E-state index contributed by atoms with van der Waals surface area (Å²) in [4.78, 5) is 27.3. The van der Waals surface area contributed by atoms with E-state index in [0.717, 1.165) is 29.1 Å². The first-order chi connectivity index (χ1) is 19.0. The van der Waals surface area contributed by atoms with Crippen LogP contribution in [0.5, 0.6) is 5.75 Å². The lowest BCUT2D eigenvalue weighted by Crippen LogP contribution is -2.50. The van der Waals surface area contributed by atoms with Crippen LogP contribution in [0.2, 0.25) is 0 Å². The van der Waals surface area contributed by atoms with Crippen LogP contribution >= 0.6 is 0 Å². The predicted molar refractivity (Wildman–Crippen MR) is 153 cm³/mol. The summed E-state index contributed by atoms with van der Waals surface area (Å²) in [6.45, 7) is 4.19. The second-order valence-electron chi connectivity index (χ2n) is 10.5. The fourth-order valence-corrected chi connectivity index (χ4v) is 5.23. The van der Waals surface area contributed by atoms with Gasteiger partial charge in [-0.2, -0.15) is 0 Å². The Hall–Kier alpha value is -3.21. The number of hydrazine groups is 1.